The standard InChI is InChI=1S/C2H4ClN3O2.Na.H/c3-6-2(8)5-1(4)7;;/h(H4,4,5,6,7,8);;. The van der Waals surface area contributed by atoms with E-state index in [1.54, 1.807) is 10.2 Å². The van der Waals surface area contributed by atoms with Gasteiger partial charge in [-0.2, -0.15) is 0 Å². The number of urea groups is 2. The summed E-state index contributed by atoms with van der Waals surface area (Å²) in [4.78, 5) is 21.3. The molecule has 0 aromatic rings. The van der Waals surface area contributed by atoms with Crippen molar-refractivity contribution in [3.63, 3.8) is 0 Å². The third-order valence-electron chi connectivity index (χ3n) is 0.323. The van der Waals surface area contributed by atoms with Crippen molar-refractivity contribution in [3.8, 4) is 0 Å². The Morgan fingerprint density at radius 1 is 1.44 bits per heavy atom. The van der Waals surface area contributed by atoms with Crippen LogP contribution in [-0.4, -0.2) is 41.6 Å². The van der Waals surface area contributed by atoms with Gasteiger partial charge in [0.15, 0.2) is 0 Å². The van der Waals surface area contributed by atoms with E-state index in [1.165, 1.54) is 0 Å². The number of rotatable bonds is 0. The van der Waals surface area contributed by atoms with Crippen LogP contribution in [0.3, 0.4) is 0 Å². The maximum atomic E-state index is 9.97. The zero-order valence-electron chi connectivity index (χ0n) is 3.77. The van der Waals surface area contributed by atoms with Gasteiger partial charge >= 0.3 is 41.6 Å². The molecule has 0 bridgehead atoms. The summed E-state index contributed by atoms with van der Waals surface area (Å²) in [6.07, 6.45) is 0. The van der Waals surface area contributed by atoms with Crippen LogP contribution in [0.2, 0.25) is 0 Å². The van der Waals surface area contributed by atoms with Crippen molar-refractivity contribution in [2.45, 2.75) is 0 Å². The minimum atomic E-state index is -0.942. The summed E-state index contributed by atoms with van der Waals surface area (Å²) in [6, 6.07) is -1.78. The first-order valence-electron chi connectivity index (χ1n) is 1.64. The van der Waals surface area contributed by atoms with Gasteiger partial charge in [-0.3, -0.25) is 5.32 Å². The van der Waals surface area contributed by atoms with Gasteiger partial charge in [-0.05, 0) is 0 Å². The molecule has 5 nitrogen and oxygen atoms in total. The first-order valence-corrected chi connectivity index (χ1v) is 2.01. The molecule has 0 aromatic heterocycles. The number of carbonyl (C=O) groups excluding carboxylic acids is 2. The number of nitrogens with two attached hydrogens (primary N) is 1. The molecule has 7 heteroatoms. The molecule has 48 valence electrons. The quantitative estimate of drug-likeness (QED) is 0.310. The van der Waals surface area contributed by atoms with E-state index in [0.717, 1.165) is 0 Å². The molecule has 4 amide bonds. The van der Waals surface area contributed by atoms with Crippen molar-refractivity contribution in [2.75, 3.05) is 0 Å². The van der Waals surface area contributed by atoms with Crippen LogP contribution in [0.25, 0.3) is 0 Å². The van der Waals surface area contributed by atoms with E-state index in [4.69, 9.17) is 11.8 Å². The molecule has 0 saturated heterocycles. The maximum absolute atomic E-state index is 9.97. The molecule has 0 spiro atoms. The third-order valence-corrected chi connectivity index (χ3v) is 0.494. The molecule has 0 aliphatic rings. The number of primary amides is 1. The number of imide groups is 1. The van der Waals surface area contributed by atoms with Crippen molar-refractivity contribution in [3.05, 3.63) is 0 Å². The molecular formula is C2H5ClN3NaO2. The first kappa shape index (κ1) is 11.8. The predicted octanol–water partition coefficient (Wildman–Crippen LogP) is -1.13. The Labute approximate surface area is 78.7 Å². The van der Waals surface area contributed by atoms with E-state index < -0.39 is 12.1 Å². The van der Waals surface area contributed by atoms with Gasteiger partial charge in [0.1, 0.15) is 0 Å². The average molecular weight is 162 g/mol. The van der Waals surface area contributed by atoms with Gasteiger partial charge in [-0.1, -0.05) is 0 Å². The second kappa shape index (κ2) is 6.15. The molecule has 0 aliphatic carbocycles. The first-order chi connectivity index (χ1) is 3.66. The SMILES string of the molecule is NC(=O)NC(=O)NCl.[NaH]. The Balaban J connectivity index is 0. The number of hydrogen-bond acceptors (Lipinski definition) is 2. The molecule has 0 radical (unpaired) electrons. The number of hydrogen-bond donors (Lipinski definition) is 3. The Hall–Kier alpha value is 0.0300. The summed E-state index contributed by atoms with van der Waals surface area (Å²) in [5.74, 6) is 0. The summed E-state index contributed by atoms with van der Waals surface area (Å²) in [6.45, 7) is 0. The topological polar surface area (TPSA) is 84.2 Å². The number of carbonyl (C=O) groups is 2. The normalized spacial score (nSPS) is 6.78. The zero-order valence-corrected chi connectivity index (χ0v) is 4.53. The van der Waals surface area contributed by atoms with Crippen LogP contribution in [0.4, 0.5) is 9.59 Å². The van der Waals surface area contributed by atoms with Crippen molar-refractivity contribution in [2.24, 2.45) is 5.73 Å². The Morgan fingerprint density at radius 2 is 1.89 bits per heavy atom. The van der Waals surface area contributed by atoms with E-state index in [-0.39, 0.29) is 29.6 Å². The molecule has 0 rings (SSSR count). The molecule has 0 atom stereocenters. The fraction of sp³-hybridized carbons (Fsp3) is 0. The van der Waals surface area contributed by atoms with Gasteiger partial charge < -0.3 is 5.73 Å². The van der Waals surface area contributed by atoms with Crippen LogP contribution in [0.1, 0.15) is 0 Å². The van der Waals surface area contributed by atoms with Crippen molar-refractivity contribution in [1.29, 1.82) is 0 Å². The monoisotopic (exact) mass is 161 g/mol. The van der Waals surface area contributed by atoms with Crippen molar-refractivity contribution in [1.82, 2.24) is 10.2 Å². The van der Waals surface area contributed by atoms with Crippen LogP contribution in [-0.2, 0) is 0 Å². The molecule has 0 saturated carbocycles. The van der Waals surface area contributed by atoms with Crippen LogP contribution in [0, 0.1) is 0 Å². The van der Waals surface area contributed by atoms with Gasteiger partial charge in [-0.25, -0.2) is 14.4 Å². The fourth-order valence-electron chi connectivity index (χ4n) is 0.136. The molecule has 0 heterocycles. The van der Waals surface area contributed by atoms with E-state index >= 15 is 0 Å². The van der Waals surface area contributed by atoms with Crippen LogP contribution < -0.4 is 15.9 Å². The molecule has 0 aromatic carbocycles. The zero-order chi connectivity index (χ0) is 6.57. The second-order valence-electron chi connectivity index (χ2n) is 0.913. The van der Waals surface area contributed by atoms with E-state index in [0.29, 0.717) is 0 Å². The van der Waals surface area contributed by atoms with E-state index in [1.807, 2.05) is 0 Å². The summed E-state index contributed by atoms with van der Waals surface area (Å²) in [5, 5.41) is 1.65. The minimum absolute atomic E-state index is 0. The molecule has 9 heavy (non-hydrogen) atoms. The predicted molar refractivity (Wildman–Crippen MR) is 34.3 cm³/mol. The summed E-state index contributed by atoms with van der Waals surface area (Å²) >= 11 is 4.73. The van der Waals surface area contributed by atoms with Crippen LogP contribution in [0.15, 0.2) is 0 Å². The Morgan fingerprint density at radius 3 is 2.00 bits per heavy atom. The molecule has 4 N–H and O–H groups in total. The van der Waals surface area contributed by atoms with Gasteiger partial charge in [0, 0.05) is 11.8 Å². The Bertz CT molecular complexity index is 118. The number of halogens is 1. The Kier molecular flexibility index (Phi) is 8.06. The number of amides is 4. The summed E-state index contributed by atoms with van der Waals surface area (Å²) in [7, 11) is 0. The third kappa shape index (κ3) is 8.03. The van der Waals surface area contributed by atoms with E-state index in [9.17, 15) is 9.59 Å². The van der Waals surface area contributed by atoms with Gasteiger partial charge in [0.2, 0.25) is 0 Å². The van der Waals surface area contributed by atoms with Crippen LogP contribution in [0.5, 0.6) is 0 Å². The molecule has 0 aliphatic heterocycles. The van der Waals surface area contributed by atoms with Crippen molar-refractivity contribution < 1.29 is 9.59 Å². The molecular weight excluding hydrogens is 156 g/mol. The average Bonchev–Trinajstić information content (AvgIpc) is 1.65. The van der Waals surface area contributed by atoms with Gasteiger partial charge in [0.05, 0.1) is 0 Å². The summed E-state index contributed by atoms with van der Waals surface area (Å²) in [5.41, 5.74) is 4.50. The van der Waals surface area contributed by atoms with Crippen molar-refractivity contribution >= 4 is 53.4 Å². The second-order valence-corrected chi connectivity index (χ2v) is 1.10. The van der Waals surface area contributed by atoms with Gasteiger partial charge in [0.25, 0.3) is 0 Å². The number of nitrogens with one attached hydrogen (secondary N) is 2. The van der Waals surface area contributed by atoms with Gasteiger partial charge in [-0.15, -0.1) is 0 Å². The van der Waals surface area contributed by atoms with Crippen LogP contribution >= 0.6 is 11.8 Å². The summed E-state index contributed by atoms with van der Waals surface area (Å²) < 4.78 is 0. The molecule has 0 fully saturated rings. The molecule has 0 unspecified atom stereocenters. The fourth-order valence-corrected chi connectivity index (χ4v) is 0.183. The van der Waals surface area contributed by atoms with E-state index in [2.05, 4.69) is 5.73 Å².